The van der Waals surface area contributed by atoms with E-state index in [1.54, 1.807) is 22.8 Å². The maximum Gasteiger partial charge on any atom is 0.416 e. The fourth-order valence-electron chi connectivity index (χ4n) is 4.04. The van der Waals surface area contributed by atoms with Gasteiger partial charge in [0.15, 0.2) is 0 Å². The van der Waals surface area contributed by atoms with Crippen molar-refractivity contribution in [1.82, 2.24) is 25.0 Å². The van der Waals surface area contributed by atoms with E-state index in [0.29, 0.717) is 50.4 Å². The molecule has 2 aromatic carbocycles. The van der Waals surface area contributed by atoms with Crippen LogP contribution in [0.5, 0.6) is 5.75 Å². The van der Waals surface area contributed by atoms with Gasteiger partial charge in [-0.15, -0.1) is 0 Å². The summed E-state index contributed by atoms with van der Waals surface area (Å²) in [5.41, 5.74) is 0.391. The second-order valence-electron chi connectivity index (χ2n) is 8.25. The van der Waals surface area contributed by atoms with Crippen molar-refractivity contribution in [2.75, 3.05) is 37.7 Å². The first-order valence-corrected chi connectivity index (χ1v) is 11.4. The van der Waals surface area contributed by atoms with Gasteiger partial charge in [0.05, 0.1) is 12.2 Å². The molecule has 2 amide bonds. The third kappa shape index (κ3) is 5.69. The summed E-state index contributed by atoms with van der Waals surface area (Å²) in [6, 6.07) is 7.70. The first-order chi connectivity index (χ1) is 17.2. The quantitative estimate of drug-likeness (QED) is 0.508. The topological polar surface area (TPSA) is 75.5 Å². The zero-order valence-electron chi connectivity index (χ0n) is 19.8. The van der Waals surface area contributed by atoms with Crippen LogP contribution in [0.2, 0.25) is 0 Å². The second-order valence-corrected chi connectivity index (χ2v) is 8.25. The largest absolute Gasteiger partial charge is 0.492 e. The van der Waals surface area contributed by atoms with Crippen LogP contribution >= 0.6 is 0 Å². The number of ether oxygens (including phenoxy) is 1. The number of hydrogen-bond donors (Lipinski definition) is 1. The number of rotatable bonds is 6. The number of halogens is 4. The highest BCUT2D eigenvalue weighted by molar-refractivity contribution is 5.74. The van der Waals surface area contributed by atoms with Crippen molar-refractivity contribution in [3.05, 3.63) is 65.5 Å². The zero-order chi connectivity index (χ0) is 25.9. The molecule has 0 spiro atoms. The predicted molar refractivity (Wildman–Crippen MR) is 125 cm³/mol. The Labute approximate surface area is 205 Å². The van der Waals surface area contributed by atoms with Crippen molar-refractivity contribution in [1.29, 1.82) is 0 Å². The normalized spacial score (nSPS) is 14.2. The van der Waals surface area contributed by atoms with E-state index in [1.165, 1.54) is 0 Å². The van der Waals surface area contributed by atoms with Gasteiger partial charge in [0.1, 0.15) is 29.4 Å². The van der Waals surface area contributed by atoms with Gasteiger partial charge in [0.2, 0.25) is 0 Å². The summed E-state index contributed by atoms with van der Waals surface area (Å²) >= 11 is 0. The van der Waals surface area contributed by atoms with E-state index < -0.39 is 23.6 Å². The molecular weight excluding hydrogens is 480 g/mol. The lowest BCUT2D eigenvalue weighted by Crippen LogP contribution is -2.51. The highest BCUT2D eigenvalue weighted by Crippen LogP contribution is 2.33. The number of hydrogen-bond acceptors (Lipinski definition) is 5. The Bertz CT molecular complexity index is 1220. The Morgan fingerprint density at radius 2 is 1.86 bits per heavy atom. The molecule has 0 atom stereocenters. The SMILES string of the molecule is CCOc1cc(N2CCN(C(=O)NCc3ccc(F)cc3C(F)(F)F)CC2)ccc1-n1cnc(C)n1. The summed E-state index contributed by atoms with van der Waals surface area (Å²) in [7, 11) is 0. The lowest BCUT2D eigenvalue weighted by Gasteiger charge is -2.36. The molecule has 0 saturated carbocycles. The summed E-state index contributed by atoms with van der Waals surface area (Å²) in [5, 5.41) is 6.86. The molecule has 36 heavy (non-hydrogen) atoms. The van der Waals surface area contributed by atoms with E-state index in [0.717, 1.165) is 23.5 Å². The Kier molecular flexibility index (Phi) is 7.32. The predicted octanol–water partition coefficient (Wildman–Crippen LogP) is 4.16. The van der Waals surface area contributed by atoms with Gasteiger partial charge in [-0.05, 0) is 43.7 Å². The van der Waals surface area contributed by atoms with Crippen molar-refractivity contribution in [2.24, 2.45) is 0 Å². The van der Waals surface area contributed by atoms with Crippen LogP contribution in [0.25, 0.3) is 5.69 Å². The third-order valence-electron chi connectivity index (χ3n) is 5.84. The van der Waals surface area contributed by atoms with Gasteiger partial charge in [-0.25, -0.2) is 18.9 Å². The standard InChI is InChI=1S/C24H26F4N6O2/c1-3-36-22-13-19(6-7-21(22)34-15-30-16(2)31-34)32-8-10-33(11-9-32)23(35)29-14-17-4-5-18(25)12-20(17)24(26,27)28/h4-7,12-13,15H,3,8-11,14H2,1-2H3,(H,29,35). The van der Waals surface area contributed by atoms with Crippen LogP contribution in [0.4, 0.5) is 28.0 Å². The van der Waals surface area contributed by atoms with Crippen molar-refractivity contribution in [2.45, 2.75) is 26.6 Å². The molecule has 1 aromatic heterocycles. The number of anilines is 1. The number of piperazine rings is 1. The third-order valence-corrected chi connectivity index (χ3v) is 5.84. The molecule has 3 aromatic rings. The first-order valence-electron chi connectivity index (χ1n) is 11.4. The molecule has 1 saturated heterocycles. The van der Waals surface area contributed by atoms with Crippen LogP contribution in [-0.4, -0.2) is 58.5 Å². The van der Waals surface area contributed by atoms with E-state index in [-0.39, 0.29) is 12.1 Å². The van der Waals surface area contributed by atoms with Crippen LogP contribution in [0.3, 0.4) is 0 Å². The van der Waals surface area contributed by atoms with E-state index in [9.17, 15) is 22.4 Å². The Morgan fingerprint density at radius 3 is 2.50 bits per heavy atom. The average molecular weight is 507 g/mol. The van der Waals surface area contributed by atoms with E-state index in [4.69, 9.17) is 4.74 Å². The van der Waals surface area contributed by atoms with Gasteiger partial charge >= 0.3 is 12.2 Å². The fourth-order valence-corrected chi connectivity index (χ4v) is 4.04. The van der Waals surface area contributed by atoms with Crippen molar-refractivity contribution >= 4 is 11.7 Å². The van der Waals surface area contributed by atoms with Gasteiger partial charge in [-0.2, -0.15) is 18.3 Å². The fraction of sp³-hybridized carbons (Fsp3) is 0.375. The monoisotopic (exact) mass is 506 g/mol. The number of benzene rings is 2. The minimum absolute atomic E-state index is 0.193. The van der Waals surface area contributed by atoms with E-state index >= 15 is 0 Å². The molecule has 1 aliphatic heterocycles. The molecule has 4 rings (SSSR count). The Morgan fingerprint density at radius 1 is 1.11 bits per heavy atom. The number of carbonyl (C=O) groups is 1. The number of carbonyl (C=O) groups excluding carboxylic acids is 1. The van der Waals surface area contributed by atoms with Crippen LogP contribution in [-0.2, 0) is 12.7 Å². The van der Waals surface area contributed by atoms with Gasteiger partial charge < -0.3 is 19.9 Å². The smallest absolute Gasteiger partial charge is 0.416 e. The number of nitrogens with zero attached hydrogens (tertiary/aromatic N) is 5. The van der Waals surface area contributed by atoms with Crippen molar-refractivity contribution < 1.29 is 27.1 Å². The lowest BCUT2D eigenvalue weighted by atomic mass is 10.1. The molecule has 0 unspecified atom stereocenters. The minimum Gasteiger partial charge on any atom is -0.492 e. The molecule has 12 heteroatoms. The molecule has 1 N–H and O–H groups in total. The van der Waals surface area contributed by atoms with Gasteiger partial charge in [-0.3, -0.25) is 0 Å². The molecule has 8 nitrogen and oxygen atoms in total. The van der Waals surface area contributed by atoms with Crippen LogP contribution < -0.4 is 15.0 Å². The highest BCUT2D eigenvalue weighted by atomic mass is 19.4. The van der Waals surface area contributed by atoms with Crippen LogP contribution in [0.1, 0.15) is 23.9 Å². The molecule has 1 fully saturated rings. The number of urea groups is 1. The van der Waals surface area contributed by atoms with Gasteiger partial charge in [0.25, 0.3) is 0 Å². The number of amides is 2. The number of aryl methyl sites for hydroxylation is 1. The molecule has 1 aliphatic rings. The Balaban J connectivity index is 1.38. The van der Waals surface area contributed by atoms with Crippen molar-refractivity contribution in [3.63, 3.8) is 0 Å². The molecule has 2 heterocycles. The summed E-state index contributed by atoms with van der Waals surface area (Å²) in [5.74, 6) is 0.315. The van der Waals surface area contributed by atoms with E-state index in [2.05, 4.69) is 20.3 Å². The average Bonchev–Trinajstić information content (AvgIpc) is 3.28. The zero-order valence-corrected chi connectivity index (χ0v) is 19.8. The number of alkyl halides is 3. The lowest BCUT2D eigenvalue weighted by molar-refractivity contribution is -0.138. The molecule has 0 bridgehead atoms. The molecule has 0 radical (unpaired) electrons. The summed E-state index contributed by atoms with van der Waals surface area (Å²) in [4.78, 5) is 20.4. The van der Waals surface area contributed by atoms with Crippen molar-refractivity contribution in [3.8, 4) is 11.4 Å². The minimum atomic E-state index is -4.71. The molecule has 0 aliphatic carbocycles. The number of nitrogens with one attached hydrogen (secondary N) is 1. The number of aromatic nitrogens is 3. The Hall–Kier alpha value is -3.83. The van der Waals surface area contributed by atoms with Gasteiger partial charge in [-0.1, -0.05) is 6.07 Å². The summed E-state index contributed by atoms with van der Waals surface area (Å²) in [6.07, 6.45) is -3.09. The van der Waals surface area contributed by atoms with Gasteiger partial charge in [0, 0.05) is 44.5 Å². The van der Waals surface area contributed by atoms with Crippen LogP contribution in [0, 0.1) is 12.7 Å². The van der Waals surface area contributed by atoms with Crippen LogP contribution in [0.15, 0.2) is 42.7 Å². The van der Waals surface area contributed by atoms with E-state index in [1.807, 2.05) is 25.1 Å². The summed E-state index contributed by atoms with van der Waals surface area (Å²) < 4.78 is 60.4. The highest BCUT2D eigenvalue weighted by Gasteiger charge is 2.34. The summed E-state index contributed by atoms with van der Waals surface area (Å²) in [6.45, 7) is 5.65. The maximum atomic E-state index is 13.3. The first kappa shape index (κ1) is 25.3. The molecule has 192 valence electrons. The maximum absolute atomic E-state index is 13.3. The molecular formula is C24H26F4N6O2. The second kappa shape index (κ2) is 10.4.